The smallest absolute Gasteiger partial charge is 0.140 e. The van der Waals surface area contributed by atoms with Gasteiger partial charge in [-0.1, -0.05) is 12.1 Å². The van der Waals surface area contributed by atoms with Crippen molar-refractivity contribution < 1.29 is 9.53 Å². The van der Waals surface area contributed by atoms with Crippen LogP contribution in [0.4, 0.5) is 0 Å². The lowest BCUT2D eigenvalue weighted by molar-refractivity contribution is -0.118. The van der Waals surface area contributed by atoms with Crippen LogP contribution in [-0.2, 0) is 4.79 Å². The summed E-state index contributed by atoms with van der Waals surface area (Å²) in [4.78, 5) is 11.5. The van der Waals surface area contributed by atoms with E-state index in [1.165, 1.54) is 0 Å². The summed E-state index contributed by atoms with van der Waals surface area (Å²) in [5.74, 6) is 1.37. The van der Waals surface area contributed by atoms with Crippen LogP contribution in [0.5, 0.6) is 5.75 Å². The molecule has 0 radical (unpaired) electrons. The molecule has 0 aromatic heterocycles. The summed E-state index contributed by atoms with van der Waals surface area (Å²) >= 11 is 0. The van der Waals surface area contributed by atoms with Crippen LogP contribution < -0.4 is 4.74 Å². The van der Waals surface area contributed by atoms with Crippen LogP contribution in [0.3, 0.4) is 0 Å². The molecule has 1 fully saturated rings. The Morgan fingerprint density at radius 2 is 2.00 bits per heavy atom. The summed E-state index contributed by atoms with van der Waals surface area (Å²) in [5.41, 5.74) is 1.13. The molecule has 1 atom stereocenters. The van der Waals surface area contributed by atoms with Crippen molar-refractivity contribution in [2.45, 2.75) is 25.2 Å². The molecule has 14 heavy (non-hydrogen) atoms. The van der Waals surface area contributed by atoms with E-state index in [9.17, 15) is 4.79 Å². The Bertz CT molecular complexity index is 327. The third kappa shape index (κ3) is 1.65. The Balaban J connectivity index is 2.20. The van der Waals surface area contributed by atoms with Gasteiger partial charge in [0, 0.05) is 12.3 Å². The van der Waals surface area contributed by atoms with Crippen LogP contribution in [0.2, 0.25) is 0 Å². The minimum atomic E-state index is 0.140. The molecule has 0 saturated heterocycles. The third-order valence-electron chi connectivity index (χ3n) is 2.82. The summed E-state index contributed by atoms with van der Waals surface area (Å²) in [6, 6.07) is 7.82. The average molecular weight is 190 g/mol. The van der Waals surface area contributed by atoms with Gasteiger partial charge in [0.1, 0.15) is 11.5 Å². The average Bonchev–Trinajstić information content (AvgIpc) is 2.65. The van der Waals surface area contributed by atoms with Crippen LogP contribution in [0.25, 0.3) is 0 Å². The van der Waals surface area contributed by atoms with Crippen LogP contribution in [0.15, 0.2) is 24.3 Å². The van der Waals surface area contributed by atoms with Gasteiger partial charge in [-0.25, -0.2) is 0 Å². The zero-order valence-electron chi connectivity index (χ0n) is 8.32. The minimum Gasteiger partial charge on any atom is -0.497 e. The number of benzene rings is 1. The molecule has 2 nitrogen and oxygen atoms in total. The maximum Gasteiger partial charge on any atom is 0.140 e. The first kappa shape index (κ1) is 9.25. The van der Waals surface area contributed by atoms with E-state index in [0.29, 0.717) is 5.78 Å². The van der Waals surface area contributed by atoms with Crippen molar-refractivity contribution in [3.05, 3.63) is 29.8 Å². The van der Waals surface area contributed by atoms with Crippen molar-refractivity contribution in [2.75, 3.05) is 7.11 Å². The normalized spacial score (nSPS) is 21.2. The fourth-order valence-corrected chi connectivity index (χ4v) is 2.00. The van der Waals surface area contributed by atoms with E-state index in [1.807, 2.05) is 24.3 Å². The number of hydrogen-bond acceptors (Lipinski definition) is 2. The van der Waals surface area contributed by atoms with Crippen molar-refractivity contribution in [1.82, 2.24) is 0 Å². The van der Waals surface area contributed by atoms with Gasteiger partial charge in [-0.2, -0.15) is 0 Å². The van der Waals surface area contributed by atoms with Crippen molar-refractivity contribution >= 4 is 5.78 Å². The number of hydrogen-bond donors (Lipinski definition) is 0. The summed E-state index contributed by atoms with van der Waals surface area (Å²) < 4.78 is 5.07. The van der Waals surface area contributed by atoms with Crippen LogP contribution >= 0.6 is 0 Å². The second-order valence-corrected chi connectivity index (χ2v) is 3.68. The molecule has 1 aromatic rings. The molecular weight excluding hydrogens is 176 g/mol. The second kappa shape index (κ2) is 3.82. The standard InChI is InChI=1S/C12H14O2/c1-14-10-7-5-9(6-8-10)11-3-2-4-12(11)13/h5-8,11H,2-4H2,1H3. The number of methoxy groups -OCH3 is 1. The maximum absolute atomic E-state index is 11.5. The topological polar surface area (TPSA) is 26.3 Å². The Labute approximate surface area is 83.9 Å². The summed E-state index contributed by atoms with van der Waals surface area (Å²) in [6.45, 7) is 0. The van der Waals surface area contributed by atoms with E-state index in [-0.39, 0.29) is 5.92 Å². The highest BCUT2D eigenvalue weighted by molar-refractivity contribution is 5.87. The molecular formula is C12H14O2. The number of Topliss-reactive ketones (excluding diaryl/α,β-unsaturated/α-hetero) is 1. The first-order valence-corrected chi connectivity index (χ1v) is 4.98. The van der Waals surface area contributed by atoms with Gasteiger partial charge in [0.25, 0.3) is 0 Å². The summed E-state index contributed by atoms with van der Waals surface area (Å²) in [6.07, 6.45) is 2.79. The Morgan fingerprint density at radius 3 is 2.50 bits per heavy atom. The van der Waals surface area contributed by atoms with Gasteiger partial charge in [-0.15, -0.1) is 0 Å². The fraction of sp³-hybridized carbons (Fsp3) is 0.417. The van der Waals surface area contributed by atoms with E-state index in [4.69, 9.17) is 4.74 Å². The molecule has 2 heteroatoms. The van der Waals surface area contributed by atoms with Gasteiger partial charge < -0.3 is 4.74 Å². The van der Waals surface area contributed by atoms with E-state index in [2.05, 4.69) is 0 Å². The van der Waals surface area contributed by atoms with Crippen molar-refractivity contribution in [3.63, 3.8) is 0 Å². The first-order chi connectivity index (χ1) is 6.81. The molecule has 1 unspecified atom stereocenters. The SMILES string of the molecule is COc1ccc(C2CCCC2=O)cc1. The van der Waals surface area contributed by atoms with Gasteiger partial charge in [0.05, 0.1) is 7.11 Å². The number of carbonyl (C=O) groups excluding carboxylic acids is 1. The van der Waals surface area contributed by atoms with Crippen molar-refractivity contribution in [2.24, 2.45) is 0 Å². The zero-order valence-corrected chi connectivity index (χ0v) is 8.32. The fourth-order valence-electron chi connectivity index (χ4n) is 2.00. The predicted octanol–water partition coefficient (Wildman–Crippen LogP) is 2.53. The number of ketones is 1. The number of rotatable bonds is 2. The third-order valence-corrected chi connectivity index (χ3v) is 2.82. The Morgan fingerprint density at radius 1 is 1.29 bits per heavy atom. The highest BCUT2D eigenvalue weighted by Crippen LogP contribution is 2.31. The summed E-state index contributed by atoms with van der Waals surface area (Å²) in [7, 11) is 1.65. The lowest BCUT2D eigenvalue weighted by atomic mass is 9.97. The molecule has 0 bridgehead atoms. The van der Waals surface area contributed by atoms with Gasteiger partial charge in [-0.3, -0.25) is 4.79 Å². The van der Waals surface area contributed by atoms with Crippen molar-refractivity contribution in [3.8, 4) is 5.75 Å². The molecule has 1 saturated carbocycles. The Hall–Kier alpha value is -1.31. The Kier molecular flexibility index (Phi) is 2.53. The monoisotopic (exact) mass is 190 g/mol. The minimum absolute atomic E-state index is 0.140. The van der Waals surface area contributed by atoms with Gasteiger partial charge in [-0.05, 0) is 30.5 Å². The lowest BCUT2D eigenvalue weighted by Crippen LogP contribution is -2.03. The van der Waals surface area contributed by atoms with Crippen LogP contribution in [0, 0.1) is 0 Å². The maximum atomic E-state index is 11.5. The predicted molar refractivity (Wildman–Crippen MR) is 54.6 cm³/mol. The quantitative estimate of drug-likeness (QED) is 0.716. The highest BCUT2D eigenvalue weighted by Gasteiger charge is 2.25. The molecule has 0 amide bonds. The van der Waals surface area contributed by atoms with Gasteiger partial charge in [0.2, 0.25) is 0 Å². The molecule has 2 rings (SSSR count). The second-order valence-electron chi connectivity index (χ2n) is 3.68. The molecule has 0 spiro atoms. The lowest BCUT2D eigenvalue weighted by Gasteiger charge is -2.08. The van der Waals surface area contributed by atoms with E-state index >= 15 is 0 Å². The number of ether oxygens (including phenoxy) is 1. The molecule has 74 valence electrons. The first-order valence-electron chi connectivity index (χ1n) is 4.98. The van der Waals surface area contributed by atoms with Gasteiger partial charge >= 0.3 is 0 Å². The molecule has 1 aliphatic carbocycles. The van der Waals surface area contributed by atoms with Crippen LogP contribution in [-0.4, -0.2) is 12.9 Å². The molecule has 1 aliphatic rings. The van der Waals surface area contributed by atoms with E-state index < -0.39 is 0 Å². The zero-order chi connectivity index (χ0) is 9.97. The van der Waals surface area contributed by atoms with E-state index in [0.717, 1.165) is 30.6 Å². The van der Waals surface area contributed by atoms with Gasteiger partial charge in [0.15, 0.2) is 0 Å². The molecule has 0 N–H and O–H groups in total. The molecule has 0 aliphatic heterocycles. The molecule has 1 aromatic carbocycles. The van der Waals surface area contributed by atoms with Crippen molar-refractivity contribution in [1.29, 1.82) is 0 Å². The van der Waals surface area contributed by atoms with Crippen LogP contribution in [0.1, 0.15) is 30.7 Å². The summed E-state index contributed by atoms with van der Waals surface area (Å²) in [5, 5.41) is 0. The van der Waals surface area contributed by atoms with E-state index in [1.54, 1.807) is 7.11 Å². The molecule has 0 heterocycles. The highest BCUT2D eigenvalue weighted by atomic mass is 16.5. The number of carbonyl (C=O) groups is 1. The largest absolute Gasteiger partial charge is 0.497 e.